The van der Waals surface area contributed by atoms with E-state index in [0.29, 0.717) is 23.3 Å². The number of likely N-dealkylation sites (tertiary alicyclic amines) is 1. The van der Waals surface area contributed by atoms with Crippen molar-refractivity contribution >= 4 is 41.6 Å². The highest BCUT2D eigenvalue weighted by atomic mass is 35.5. The van der Waals surface area contributed by atoms with Gasteiger partial charge >= 0.3 is 0 Å². The van der Waals surface area contributed by atoms with Gasteiger partial charge < -0.3 is 14.6 Å². The van der Waals surface area contributed by atoms with Crippen LogP contribution in [0.3, 0.4) is 0 Å². The van der Waals surface area contributed by atoms with Crippen molar-refractivity contribution in [3.63, 3.8) is 0 Å². The summed E-state index contributed by atoms with van der Waals surface area (Å²) in [6.45, 7) is 2.81. The van der Waals surface area contributed by atoms with Gasteiger partial charge in [-0.1, -0.05) is 12.1 Å². The minimum Gasteiger partial charge on any atom is -0.486 e. The second kappa shape index (κ2) is 9.27. The Hall–Kier alpha value is -2.59. The number of ether oxygens (including phenoxy) is 1. The number of nitrogens with zero attached hydrogens (tertiary/aromatic N) is 3. The summed E-state index contributed by atoms with van der Waals surface area (Å²) < 4.78 is 6.41. The van der Waals surface area contributed by atoms with Crippen LogP contribution in [-0.2, 0) is 6.42 Å². The number of ketones is 1. The van der Waals surface area contributed by atoms with Gasteiger partial charge in [-0.15, -0.1) is 24.8 Å². The van der Waals surface area contributed by atoms with E-state index in [4.69, 9.17) is 10.00 Å². The fraction of sp³-hybridized carbons (Fsp3) is 0.348. The van der Waals surface area contributed by atoms with Crippen LogP contribution < -0.4 is 4.74 Å². The van der Waals surface area contributed by atoms with Crippen molar-refractivity contribution in [2.24, 2.45) is 0 Å². The largest absolute Gasteiger partial charge is 0.486 e. The van der Waals surface area contributed by atoms with E-state index in [1.165, 1.54) is 5.56 Å². The van der Waals surface area contributed by atoms with Gasteiger partial charge in [0.15, 0.2) is 5.78 Å². The van der Waals surface area contributed by atoms with E-state index in [0.717, 1.165) is 49.9 Å². The van der Waals surface area contributed by atoms with Gasteiger partial charge in [0.1, 0.15) is 11.4 Å². The Morgan fingerprint density at radius 3 is 2.61 bits per heavy atom. The van der Waals surface area contributed by atoms with Crippen molar-refractivity contribution in [1.82, 2.24) is 14.9 Å². The molecule has 0 amide bonds. The standard InChI is InChI=1S/C23H22N4O2.2ClH/c24-14-17-3-1-16(2-4-17)5-8-27-9-6-23(7-10-27)13-21(28)18-11-19-20(26-15-25-19)12-22(18)29-23;;/h1-4,11-12,15H,5-10,13H2,(H,25,26);2*1H. The van der Waals surface area contributed by atoms with Gasteiger partial charge in [-0.25, -0.2) is 4.98 Å². The molecule has 2 aromatic carbocycles. The summed E-state index contributed by atoms with van der Waals surface area (Å²) in [6, 6.07) is 13.7. The lowest BCUT2D eigenvalue weighted by molar-refractivity contribution is -0.00855. The van der Waals surface area contributed by atoms with Gasteiger partial charge in [-0.2, -0.15) is 5.26 Å². The molecule has 2 aliphatic heterocycles. The number of hydrogen-bond donors (Lipinski definition) is 1. The third-order valence-corrected chi connectivity index (χ3v) is 6.20. The molecule has 3 heterocycles. The van der Waals surface area contributed by atoms with Crippen molar-refractivity contribution < 1.29 is 9.53 Å². The van der Waals surface area contributed by atoms with Gasteiger partial charge in [0.2, 0.25) is 0 Å². The SMILES string of the molecule is Cl.Cl.N#Cc1ccc(CCN2CCC3(CC2)CC(=O)c2cc4[nH]cnc4cc2O3)cc1. The van der Waals surface area contributed by atoms with E-state index in [9.17, 15) is 4.79 Å². The predicted octanol–water partition coefficient (Wildman–Crippen LogP) is 4.32. The number of fused-ring (bicyclic) bond motifs is 2. The number of carbonyl (C=O) groups is 1. The number of H-pyrrole nitrogens is 1. The van der Waals surface area contributed by atoms with E-state index in [1.807, 2.05) is 36.4 Å². The van der Waals surface area contributed by atoms with E-state index in [2.05, 4.69) is 20.9 Å². The summed E-state index contributed by atoms with van der Waals surface area (Å²) in [5, 5.41) is 8.91. The van der Waals surface area contributed by atoms with Gasteiger partial charge in [0, 0.05) is 38.5 Å². The summed E-state index contributed by atoms with van der Waals surface area (Å²) in [7, 11) is 0. The maximum absolute atomic E-state index is 12.8. The Kier molecular flexibility index (Phi) is 6.90. The molecule has 0 radical (unpaired) electrons. The highest BCUT2D eigenvalue weighted by Gasteiger charge is 2.43. The topological polar surface area (TPSA) is 82.0 Å². The molecular weight excluding hydrogens is 435 g/mol. The molecule has 1 saturated heterocycles. The van der Waals surface area contributed by atoms with Crippen LogP contribution >= 0.6 is 24.8 Å². The number of halogens is 2. The van der Waals surface area contributed by atoms with Crippen molar-refractivity contribution in [3.05, 3.63) is 59.4 Å². The highest BCUT2D eigenvalue weighted by molar-refractivity contribution is 6.03. The number of nitriles is 1. The predicted molar refractivity (Wildman–Crippen MR) is 123 cm³/mol. The van der Waals surface area contributed by atoms with Gasteiger partial charge in [-0.05, 0) is 30.2 Å². The van der Waals surface area contributed by atoms with Crippen LogP contribution in [0.15, 0.2) is 42.7 Å². The third-order valence-electron chi connectivity index (χ3n) is 6.20. The Morgan fingerprint density at radius 2 is 1.90 bits per heavy atom. The average Bonchev–Trinajstić information content (AvgIpc) is 3.20. The van der Waals surface area contributed by atoms with E-state index < -0.39 is 0 Å². The molecule has 8 heteroatoms. The second-order valence-corrected chi connectivity index (χ2v) is 8.05. The monoisotopic (exact) mass is 458 g/mol. The summed E-state index contributed by atoms with van der Waals surface area (Å²) in [5.74, 6) is 0.834. The molecule has 1 fully saturated rings. The van der Waals surface area contributed by atoms with Gasteiger partial charge in [0.05, 0.1) is 41.0 Å². The number of carbonyl (C=O) groups excluding carboxylic acids is 1. The zero-order chi connectivity index (χ0) is 19.8. The van der Waals surface area contributed by atoms with Crippen LogP contribution in [0.1, 0.15) is 40.7 Å². The molecule has 31 heavy (non-hydrogen) atoms. The number of nitrogens with one attached hydrogen (secondary N) is 1. The highest BCUT2D eigenvalue weighted by Crippen LogP contribution is 2.40. The molecular formula is C23H24Cl2N4O2. The second-order valence-electron chi connectivity index (χ2n) is 8.05. The van der Waals surface area contributed by atoms with Crippen molar-refractivity contribution in [2.75, 3.05) is 19.6 Å². The van der Waals surface area contributed by atoms with Crippen LogP contribution in [0.4, 0.5) is 0 Å². The van der Waals surface area contributed by atoms with Crippen molar-refractivity contribution in [2.45, 2.75) is 31.3 Å². The molecule has 1 spiro atoms. The summed E-state index contributed by atoms with van der Waals surface area (Å²) >= 11 is 0. The summed E-state index contributed by atoms with van der Waals surface area (Å²) in [6.07, 6.45) is 4.75. The van der Waals surface area contributed by atoms with Crippen LogP contribution in [-0.4, -0.2) is 45.9 Å². The van der Waals surface area contributed by atoms with Gasteiger partial charge in [0.25, 0.3) is 0 Å². The smallest absolute Gasteiger partial charge is 0.170 e. The van der Waals surface area contributed by atoms with Gasteiger partial charge in [-0.3, -0.25) is 4.79 Å². The quantitative estimate of drug-likeness (QED) is 0.631. The summed E-state index contributed by atoms with van der Waals surface area (Å²) in [4.78, 5) is 22.6. The third kappa shape index (κ3) is 4.54. The molecule has 0 saturated carbocycles. The molecule has 0 bridgehead atoms. The molecule has 162 valence electrons. The molecule has 0 atom stereocenters. The first kappa shape index (κ1) is 23.1. The lowest BCUT2D eigenvalue weighted by Gasteiger charge is -2.44. The van der Waals surface area contributed by atoms with E-state index >= 15 is 0 Å². The number of rotatable bonds is 3. The Morgan fingerprint density at radius 1 is 1.16 bits per heavy atom. The number of hydrogen-bond acceptors (Lipinski definition) is 5. The zero-order valence-corrected chi connectivity index (χ0v) is 18.6. The molecule has 0 unspecified atom stereocenters. The molecule has 3 aromatic rings. The zero-order valence-electron chi connectivity index (χ0n) is 17.0. The normalized spacial score (nSPS) is 17.2. The van der Waals surface area contributed by atoms with E-state index in [1.54, 1.807) is 6.33 Å². The number of Topliss-reactive ketones (excluding diaryl/α,β-unsaturated/α-hetero) is 1. The van der Waals surface area contributed by atoms with Crippen molar-refractivity contribution in [3.8, 4) is 11.8 Å². The molecule has 5 rings (SSSR count). The van der Waals surface area contributed by atoms with Crippen molar-refractivity contribution in [1.29, 1.82) is 5.26 Å². The molecule has 6 nitrogen and oxygen atoms in total. The molecule has 1 N–H and O–H groups in total. The van der Waals surface area contributed by atoms with Crippen LogP contribution in [0, 0.1) is 11.3 Å². The Labute approximate surface area is 193 Å². The fourth-order valence-corrected chi connectivity index (χ4v) is 4.42. The first-order chi connectivity index (χ1) is 14.1. The van der Waals surface area contributed by atoms with Crippen LogP contribution in [0.25, 0.3) is 11.0 Å². The average molecular weight is 459 g/mol. The first-order valence-corrected chi connectivity index (χ1v) is 10.0. The lowest BCUT2D eigenvalue weighted by Crippen LogP contribution is -2.51. The number of aromatic amines is 1. The maximum atomic E-state index is 12.8. The number of aromatic nitrogens is 2. The fourth-order valence-electron chi connectivity index (χ4n) is 4.42. The maximum Gasteiger partial charge on any atom is 0.170 e. The number of benzene rings is 2. The summed E-state index contributed by atoms with van der Waals surface area (Å²) in [5.41, 5.74) is 3.91. The molecule has 0 aliphatic carbocycles. The minimum absolute atomic E-state index is 0. The minimum atomic E-state index is -0.390. The lowest BCUT2D eigenvalue weighted by atomic mass is 9.82. The molecule has 2 aliphatic rings. The first-order valence-electron chi connectivity index (χ1n) is 10.0. The van der Waals surface area contributed by atoms with Crippen LogP contribution in [0.5, 0.6) is 5.75 Å². The van der Waals surface area contributed by atoms with Crippen LogP contribution in [0.2, 0.25) is 0 Å². The number of piperidine rings is 1. The Balaban J connectivity index is 0.00000136. The Bertz CT molecular complexity index is 1110. The molecule has 1 aromatic heterocycles. The van der Waals surface area contributed by atoms with E-state index in [-0.39, 0.29) is 36.2 Å². The number of imidazole rings is 1.